The minimum Gasteiger partial charge on any atom is -0.360 e. The second-order valence-electron chi connectivity index (χ2n) is 6.77. The predicted octanol–water partition coefficient (Wildman–Crippen LogP) is 1.13. The molecule has 1 aliphatic rings. The van der Waals surface area contributed by atoms with Gasteiger partial charge in [0.25, 0.3) is 0 Å². The number of rotatable bonds is 4. The van der Waals surface area contributed by atoms with E-state index >= 15 is 0 Å². The van der Waals surface area contributed by atoms with Gasteiger partial charge in [-0.05, 0) is 26.3 Å². The maximum Gasteiger partial charge on any atom is 0.248 e. The van der Waals surface area contributed by atoms with E-state index in [4.69, 9.17) is 10.3 Å². The molecule has 0 radical (unpaired) electrons. The fourth-order valence-corrected chi connectivity index (χ4v) is 4.95. The SMILES string of the molecule is Cc1ccc(C(N)C(=O)N2CCN(S(=O)(=O)c3c(C)noc3C)CC2)cc1. The smallest absolute Gasteiger partial charge is 0.248 e. The molecule has 1 fully saturated rings. The highest BCUT2D eigenvalue weighted by Gasteiger charge is 2.35. The van der Waals surface area contributed by atoms with Gasteiger partial charge in [-0.25, -0.2) is 8.42 Å². The van der Waals surface area contributed by atoms with Crippen LogP contribution in [0.3, 0.4) is 0 Å². The number of nitrogens with two attached hydrogens (primary N) is 1. The summed E-state index contributed by atoms with van der Waals surface area (Å²) in [6.07, 6.45) is 0. The lowest BCUT2D eigenvalue weighted by Crippen LogP contribution is -2.52. The van der Waals surface area contributed by atoms with Crippen LogP contribution >= 0.6 is 0 Å². The van der Waals surface area contributed by atoms with Crippen molar-refractivity contribution in [2.45, 2.75) is 31.7 Å². The molecule has 1 atom stereocenters. The van der Waals surface area contributed by atoms with E-state index in [-0.39, 0.29) is 29.7 Å². The fourth-order valence-electron chi connectivity index (χ4n) is 3.23. The second kappa shape index (κ2) is 7.41. The molecule has 2 N–H and O–H groups in total. The van der Waals surface area contributed by atoms with Gasteiger partial charge in [0.05, 0.1) is 0 Å². The summed E-state index contributed by atoms with van der Waals surface area (Å²) in [7, 11) is -3.70. The summed E-state index contributed by atoms with van der Waals surface area (Å²) in [4.78, 5) is 14.4. The Labute approximate surface area is 159 Å². The molecule has 146 valence electrons. The van der Waals surface area contributed by atoms with Gasteiger partial charge in [-0.2, -0.15) is 4.31 Å². The standard InChI is InChI=1S/C18H24N4O4S/c1-12-4-6-15(7-5-12)16(19)18(23)21-8-10-22(11-9-21)27(24,25)17-13(2)20-26-14(17)3/h4-7,16H,8-11,19H2,1-3H3. The molecule has 1 saturated heterocycles. The summed E-state index contributed by atoms with van der Waals surface area (Å²) in [5.41, 5.74) is 8.29. The van der Waals surface area contributed by atoms with Gasteiger partial charge in [0.1, 0.15) is 16.6 Å². The van der Waals surface area contributed by atoms with Crippen LogP contribution in [0.5, 0.6) is 0 Å². The largest absolute Gasteiger partial charge is 0.360 e. The molecule has 2 aromatic rings. The topological polar surface area (TPSA) is 110 Å². The molecular formula is C18H24N4O4S. The molecule has 1 aromatic carbocycles. The number of aromatic nitrogens is 1. The van der Waals surface area contributed by atoms with E-state index in [1.54, 1.807) is 18.7 Å². The minimum atomic E-state index is -3.70. The Bertz CT molecular complexity index is 909. The monoisotopic (exact) mass is 392 g/mol. The Hall–Kier alpha value is -2.23. The zero-order valence-corrected chi connectivity index (χ0v) is 16.5. The second-order valence-corrected chi connectivity index (χ2v) is 8.65. The first kappa shape index (κ1) is 19.5. The molecule has 1 aromatic heterocycles. The zero-order chi connectivity index (χ0) is 19.8. The molecule has 8 nitrogen and oxygen atoms in total. The van der Waals surface area contributed by atoms with Crippen LogP contribution in [-0.4, -0.2) is 54.9 Å². The van der Waals surface area contributed by atoms with Gasteiger partial charge in [-0.15, -0.1) is 0 Å². The molecule has 1 amide bonds. The third kappa shape index (κ3) is 3.76. The van der Waals surface area contributed by atoms with Gasteiger partial charge in [0, 0.05) is 26.2 Å². The van der Waals surface area contributed by atoms with Gasteiger partial charge in [-0.3, -0.25) is 4.79 Å². The fraction of sp³-hybridized carbons (Fsp3) is 0.444. The van der Waals surface area contributed by atoms with Gasteiger partial charge in [0.2, 0.25) is 15.9 Å². The lowest BCUT2D eigenvalue weighted by molar-refractivity contribution is -0.133. The van der Waals surface area contributed by atoms with Crippen LogP contribution in [0.25, 0.3) is 0 Å². The number of benzene rings is 1. The summed E-state index contributed by atoms with van der Waals surface area (Å²) in [5, 5.41) is 3.72. The van der Waals surface area contributed by atoms with Crippen molar-refractivity contribution in [1.29, 1.82) is 0 Å². The highest BCUT2D eigenvalue weighted by Crippen LogP contribution is 2.24. The molecule has 1 aliphatic heterocycles. The first-order valence-electron chi connectivity index (χ1n) is 8.76. The quantitative estimate of drug-likeness (QED) is 0.835. The van der Waals surface area contributed by atoms with E-state index in [0.717, 1.165) is 11.1 Å². The first-order valence-corrected chi connectivity index (χ1v) is 10.2. The number of hydrogen-bond acceptors (Lipinski definition) is 6. The summed E-state index contributed by atoms with van der Waals surface area (Å²) in [6.45, 7) is 6.15. The van der Waals surface area contributed by atoms with E-state index in [0.29, 0.717) is 18.8 Å². The van der Waals surface area contributed by atoms with Crippen LogP contribution in [0.2, 0.25) is 0 Å². The number of amides is 1. The van der Waals surface area contributed by atoms with Gasteiger partial charge >= 0.3 is 0 Å². The molecule has 2 heterocycles. The number of carbonyl (C=O) groups is 1. The van der Waals surface area contributed by atoms with Crippen LogP contribution in [0.15, 0.2) is 33.7 Å². The third-order valence-corrected chi connectivity index (χ3v) is 6.96. The van der Waals surface area contributed by atoms with E-state index < -0.39 is 16.1 Å². The van der Waals surface area contributed by atoms with Crippen LogP contribution in [0.1, 0.15) is 28.6 Å². The van der Waals surface area contributed by atoms with Crippen molar-refractivity contribution >= 4 is 15.9 Å². The average molecular weight is 392 g/mol. The number of sulfonamides is 1. The number of piperazine rings is 1. The van der Waals surface area contributed by atoms with Crippen LogP contribution in [0, 0.1) is 20.8 Å². The van der Waals surface area contributed by atoms with E-state index in [9.17, 15) is 13.2 Å². The van der Waals surface area contributed by atoms with Crippen LogP contribution in [-0.2, 0) is 14.8 Å². The average Bonchev–Trinajstić information content (AvgIpc) is 3.00. The van der Waals surface area contributed by atoms with E-state index in [1.807, 2.05) is 31.2 Å². The Morgan fingerprint density at radius 2 is 1.70 bits per heavy atom. The van der Waals surface area contributed by atoms with Crippen molar-refractivity contribution in [3.05, 3.63) is 46.8 Å². The highest BCUT2D eigenvalue weighted by atomic mass is 32.2. The first-order chi connectivity index (χ1) is 12.7. The van der Waals surface area contributed by atoms with E-state index in [2.05, 4.69) is 5.16 Å². The maximum absolute atomic E-state index is 12.9. The number of carbonyl (C=O) groups excluding carboxylic acids is 1. The Morgan fingerprint density at radius 3 is 2.22 bits per heavy atom. The molecule has 27 heavy (non-hydrogen) atoms. The number of nitrogens with zero attached hydrogens (tertiary/aromatic N) is 3. The lowest BCUT2D eigenvalue weighted by Gasteiger charge is -2.35. The number of hydrogen-bond donors (Lipinski definition) is 1. The summed E-state index contributed by atoms with van der Waals surface area (Å²) in [6, 6.07) is 6.76. The lowest BCUT2D eigenvalue weighted by atomic mass is 10.0. The van der Waals surface area contributed by atoms with Crippen molar-refractivity contribution in [2.75, 3.05) is 26.2 Å². The van der Waals surface area contributed by atoms with Gasteiger partial charge in [-0.1, -0.05) is 35.0 Å². The van der Waals surface area contributed by atoms with Gasteiger partial charge in [0.15, 0.2) is 5.76 Å². The summed E-state index contributed by atoms with van der Waals surface area (Å²) >= 11 is 0. The molecule has 0 saturated carbocycles. The maximum atomic E-state index is 12.9. The van der Waals surface area contributed by atoms with Crippen LogP contribution < -0.4 is 5.73 Å². The zero-order valence-electron chi connectivity index (χ0n) is 15.7. The molecular weight excluding hydrogens is 368 g/mol. The van der Waals surface area contributed by atoms with Crippen molar-refractivity contribution < 1.29 is 17.7 Å². The molecule has 1 unspecified atom stereocenters. The van der Waals surface area contributed by atoms with Crippen molar-refractivity contribution in [1.82, 2.24) is 14.4 Å². The summed E-state index contributed by atoms with van der Waals surface area (Å²) in [5.74, 6) is 0.0700. The van der Waals surface area contributed by atoms with Crippen molar-refractivity contribution in [3.8, 4) is 0 Å². The molecule has 0 aliphatic carbocycles. The van der Waals surface area contributed by atoms with Crippen molar-refractivity contribution in [2.24, 2.45) is 5.73 Å². The molecule has 9 heteroatoms. The summed E-state index contributed by atoms with van der Waals surface area (Å²) < 4.78 is 32.0. The van der Waals surface area contributed by atoms with E-state index in [1.165, 1.54) is 4.31 Å². The van der Waals surface area contributed by atoms with Crippen LogP contribution in [0.4, 0.5) is 0 Å². The Balaban J connectivity index is 1.68. The predicted molar refractivity (Wildman–Crippen MR) is 99.4 cm³/mol. The highest BCUT2D eigenvalue weighted by molar-refractivity contribution is 7.89. The minimum absolute atomic E-state index is 0.110. The Kier molecular flexibility index (Phi) is 5.36. The van der Waals surface area contributed by atoms with Crippen molar-refractivity contribution in [3.63, 3.8) is 0 Å². The Morgan fingerprint density at radius 1 is 1.11 bits per heavy atom. The third-order valence-electron chi connectivity index (χ3n) is 4.82. The normalized spacial score (nSPS) is 17.1. The number of aryl methyl sites for hydroxylation is 3. The molecule has 0 spiro atoms. The van der Waals surface area contributed by atoms with Gasteiger partial charge < -0.3 is 15.2 Å². The molecule has 0 bridgehead atoms. The molecule has 3 rings (SSSR count).